The lowest BCUT2D eigenvalue weighted by Gasteiger charge is -2.22. The molecular formula is C18H28N4O3. The molecule has 1 aliphatic heterocycles. The van der Waals surface area contributed by atoms with E-state index in [1.807, 2.05) is 30.1 Å². The van der Waals surface area contributed by atoms with E-state index in [1.54, 1.807) is 13.3 Å². The summed E-state index contributed by atoms with van der Waals surface area (Å²) in [5, 5.41) is 2.97. The fraction of sp³-hybridized carbons (Fsp3) is 0.611. The molecule has 0 saturated carbocycles. The molecular weight excluding hydrogens is 320 g/mol. The Labute approximate surface area is 149 Å². The lowest BCUT2D eigenvalue weighted by Crippen LogP contribution is -2.39. The number of aryl methyl sites for hydroxylation is 1. The van der Waals surface area contributed by atoms with Crippen molar-refractivity contribution in [1.29, 1.82) is 0 Å². The van der Waals surface area contributed by atoms with Crippen molar-refractivity contribution in [2.45, 2.75) is 25.3 Å². The Morgan fingerprint density at radius 3 is 3.00 bits per heavy atom. The molecule has 1 aliphatic rings. The Morgan fingerprint density at radius 2 is 2.28 bits per heavy atom. The maximum absolute atomic E-state index is 12.1. The minimum Gasteiger partial charge on any atom is -0.383 e. The lowest BCUT2D eigenvalue weighted by molar-refractivity contribution is -0.127. The number of pyridine rings is 1. The van der Waals surface area contributed by atoms with Crippen LogP contribution in [0.25, 0.3) is 0 Å². The number of nitrogens with zero attached hydrogens (tertiary/aromatic N) is 3. The molecule has 1 fully saturated rings. The van der Waals surface area contributed by atoms with E-state index >= 15 is 0 Å². The van der Waals surface area contributed by atoms with Crippen LogP contribution in [0.3, 0.4) is 0 Å². The van der Waals surface area contributed by atoms with Crippen LogP contribution in [0.5, 0.6) is 0 Å². The minimum absolute atomic E-state index is 0.0254. The minimum atomic E-state index is -0.0898. The molecule has 25 heavy (non-hydrogen) atoms. The molecule has 1 N–H and O–H groups in total. The molecule has 0 unspecified atom stereocenters. The molecule has 0 aliphatic carbocycles. The lowest BCUT2D eigenvalue weighted by atomic mass is 10.2. The zero-order chi connectivity index (χ0) is 18.1. The summed E-state index contributed by atoms with van der Waals surface area (Å²) in [5.41, 5.74) is 0.904. The van der Waals surface area contributed by atoms with Gasteiger partial charge in [-0.3, -0.25) is 14.6 Å². The quantitative estimate of drug-likeness (QED) is 0.659. The van der Waals surface area contributed by atoms with Gasteiger partial charge in [0.05, 0.1) is 12.6 Å². The van der Waals surface area contributed by atoms with Crippen LogP contribution in [0.4, 0.5) is 0 Å². The van der Waals surface area contributed by atoms with E-state index in [9.17, 15) is 9.59 Å². The number of nitrogens with one attached hydrogen (secondary N) is 1. The van der Waals surface area contributed by atoms with Crippen molar-refractivity contribution in [2.24, 2.45) is 0 Å². The van der Waals surface area contributed by atoms with Gasteiger partial charge in [-0.15, -0.1) is 0 Å². The predicted octanol–water partition coefficient (Wildman–Crippen LogP) is 0.310. The molecule has 0 aromatic carbocycles. The van der Waals surface area contributed by atoms with Gasteiger partial charge >= 0.3 is 0 Å². The number of hydrogen-bond acceptors (Lipinski definition) is 5. The van der Waals surface area contributed by atoms with E-state index in [4.69, 9.17) is 4.74 Å². The molecule has 1 aromatic rings. The van der Waals surface area contributed by atoms with Gasteiger partial charge in [-0.05, 0) is 25.6 Å². The summed E-state index contributed by atoms with van der Waals surface area (Å²) < 4.78 is 5.05. The van der Waals surface area contributed by atoms with E-state index in [-0.39, 0.29) is 17.9 Å². The summed E-state index contributed by atoms with van der Waals surface area (Å²) in [6, 6.07) is 5.59. The SMILES string of the molecule is COCCN(C)CCN1C[C@H](NC(=O)CCc2ccccn2)CC1=O. The number of likely N-dealkylation sites (tertiary alicyclic amines) is 1. The molecule has 0 radical (unpaired) electrons. The topological polar surface area (TPSA) is 74.8 Å². The van der Waals surface area contributed by atoms with Gasteiger partial charge in [-0.1, -0.05) is 6.07 Å². The van der Waals surface area contributed by atoms with Gasteiger partial charge in [-0.25, -0.2) is 0 Å². The molecule has 2 rings (SSSR count). The highest BCUT2D eigenvalue weighted by molar-refractivity contribution is 5.82. The predicted molar refractivity (Wildman–Crippen MR) is 95.1 cm³/mol. The Morgan fingerprint density at radius 1 is 1.44 bits per heavy atom. The number of carbonyl (C=O) groups excluding carboxylic acids is 2. The number of aromatic nitrogens is 1. The zero-order valence-electron chi connectivity index (χ0n) is 15.1. The third kappa shape index (κ3) is 6.80. The smallest absolute Gasteiger partial charge is 0.224 e. The highest BCUT2D eigenvalue weighted by Gasteiger charge is 2.30. The Hall–Kier alpha value is -1.99. The summed E-state index contributed by atoms with van der Waals surface area (Å²) in [6.45, 7) is 3.59. The number of carbonyl (C=O) groups is 2. The molecule has 0 bridgehead atoms. The first kappa shape index (κ1) is 19.3. The summed E-state index contributed by atoms with van der Waals surface area (Å²) in [5.74, 6) is 0.0812. The third-order valence-electron chi connectivity index (χ3n) is 4.34. The molecule has 1 aromatic heterocycles. The van der Waals surface area contributed by atoms with Crippen molar-refractivity contribution in [3.63, 3.8) is 0 Å². The summed E-state index contributed by atoms with van der Waals surface area (Å²) in [4.78, 5) is 32.3. The number of likely N-dealkylation sites (N-methyl/N-ethyl adjacent to an activating group) is 1. The normalized spacial score (nSPS) is 17.3. The number of ether oxygens (including phenoxy) is 1. The Bertz CT molecular complexity index is 553. The van der Waals surface area contributed by atoms with E-state index < -0.39 is 0 Å². The molecule has 138 valence electrons. The first-order valence-electron chi connectivity index (χ1n) is 8.73. The average molecular weight is 348 g/mol. The highest BCUT2D eigenvalue weighted by atomic mass is 16.5. The summed E-state index contributed by atoms with van der Waals surface area (Å²) in [6.07, 6.45) is 3.12. The largest absolute Gasteiger partial charge is 0.383 e. The van der Waals surface area contributed by atoms with Gasteiger partial charge in [-0.2, -0.15) is 0 Å². The van der Waals surface area contributed by atoms with Gasteiger partial charge in [0.25, 0.3) is 0 Å². The van der Waals surface area contributed by atoms with Gasteiger partial charge in [0.15, 0.2) is 0 Å². The molecule has 1 saturated heterocycles. The highest BCUT2D eigenvalue weighted by Crippen LogP contribution is 2.11. The average Bonchev–Trinajstić information content (AvgIpc) is 2.96. The molecule has 2 heterocycles. The first-order chi connectivity index (χ1) is 12.1. The Balaban J connectivity index is 1.68. The van der Waals surface area contributed by atoms with Crippen LogP contribution < -0.4 is 5.32 Å². The summed E-state index contributed by atoms with van der Waals surface area (Å²) in [7, 11) is 3.69. The van der Waals surface area contributed by atoms with Crippen molar-refractivity contribution < 1.29 is 14.3 Å². The molecule has 0 spiro atoms. The third-order valence-corrected chi connectivity index (χ3v) is 4.34. The van der Waals surface area contributed by atoms with Gasteiger partial charge in [0.2, 0.25) is 11.8 Å². The van der Waals surface area contributed by atoms with Crippen LogP contribution in [0.15, 0.2) is 24.4 Å². The van der Waals surface area contributed by atoms with Crippen LogP contribution in [0.1, 0.15) is 18.5 Å². The molecule has 7 heteroatoms. The van der Waals surface area contributed by atoms with Gasteiger partial charge in [0, 0.05) is 58.0 Å². The Kier molecular flexibility index (Phi) is 7.81. The molecule has 2 amide bonds. The fourth-order valence-electron chi connectivity index (χ4n) is 2.82. The second-order valence-electron chi connectivity index (χ2n) is 6.43. The first-order valence-corrected chi connectivity index (χ1v) is 8.73. The van der Waals surface area contributed by atoms with Crippen molar-refractivity contribution in [1.82, 2.24) is 20.1 Å². The van der Waals surface area contributed by atoms with E-state index in [1.165, 1.54) is 0 Å². The van der Waals surface area contributed by atoms with E-state index in [2.05, 4.69) is 15.2 Å². The number of amides is 2. The van der Waals surface area contributed by atoms with Gasteiger partial charge < -0.3 is 19.9 Å². The van der Waals surface area contributed by atoms with Crippen molar-refractivity contribution >= 4 is 11.8 Å². The second kappa shape index (κ2) is 10.1. The number of hydrogen-bond donors (Lipinski definition) is 1. The van der Waals surface area contributed by atoms with Gasteiger partial charge in [0.1, 0.15) is 0 Å². The van der Waals surface area contributed by atoms with E-state index in [0.717, 1.165) is 18.8 Å². The standard InChI is InChI=1S/C18H28N4O3/c1-21(11-12-25-2)9-10-22-14-16(13-18(22)24)20-17(23)7-6-15-5-3-4-8-19-15/h3-5,8,16H,6-7,9-14H2,1-2H3,(H,20,23)/t16-/m1/s1. The number of methoxy groups -OCH3 is 1. The molecule has 7 nitrogen and oxygen atoms in total. The number of rotatable bonds is 10. The van der Waals surface area contributed by atoms with Crippen molar-refractivity contribution in [2.75, 3.05) is 46.9 Å². The van der Waals surface area contributed by atoms with Crippen LogP contribution in [-0.2, 0) is 20.7 Å². The van der Waals surface area contributed by atoms with Crippen LogP contribution in [0, 0.1) is 0 Å². The molecule has 1 atom stereocenters. The second-order valence-corrected chi connectivity index (χ2v) is 6.43. The van der Waals surface area contributed by atoms with Crippen LogP contribution >= 0.6 is 0 Å². The summed E-state index contributed by atoms with van der Waals surface area (Å²) >= 11 is 0. The van der Waals surface area contributed by atoms with Crippen LogP contribution in [0.2, 0.25) is 0 Å². The van der Waals surface area contributed by atoms with Crippen molar-refractivity contribution in [3.05, 3.63) is 30.1 Å². The maximum Gasteiger partial charge on any atom is 0.224 e. The fourth-order valence-corrected chi connectivity index (χ4v) is 2.82. The monoisotopic (exact) mass is 348 g/mol. The van der Waals surface area contributed by atoms with Crippen LogP contribution in [-0.4, -0.2) is 79.6 Å². The van der Waals surface area contributed by atoms with E-state index in [0.29, 0.717) is 39.0 Å². The zero-order valence-corrected chi connectivity index (χ0v) is 15.1. The van der Waals surface area contributed by atoms with Crippen molar-refractivity contribution in [3.8, 4) is 0 Å². The maximum atomic E-state index is 12.1.